The Labute approximate surface area is 201 Å². The zero-order valence-electron chi connectivity index (χ0n) is 18.8. The molecule has 0 spiro atoms. The summed E-state index contributed by atoms with van der Waals surface area (Å²) < 4.78 is 12.4. The van der Waals surface area contributed by atoms with E-state index >= 15 is 0 Å². The Morgan fingerprint density at radius 3 is 1.80 bits per heavy atom. The maximum atomic E-state index is 6.33. The third kappa shape index (κ3) is 3.35. The molecule has 0 unspecified atom stereocenters. The molecule has 0 atom stereocenters. The van der Waals surface area contributed by atoms with Crippen LogP contribution in [0.15, 0.2) is 130 Å². The SMILES string of the molecule is c1ccc(-c2nc3cc4oc5cc(N(c6ccccc6)c6ccccc6)ccc5c4cc3o2)cc1. The number of furan rings is 1. The third-order valence-corrected chi connectivity index (χ3v) is 6.27. The number of rotatable bonds is 4. The Hall–Kier alpha value is -4.83. The molecule has 0 fully saturated rings. The lowest BCUT2D eigenvalue weighted by Gasteiger charge is -2.25. The Morgan fingerprint density at radius 2 is 1.11 bits per heavy atom. The smallest absolute Gasteiger partial charge is 0.227 e. The number of para-hydroxylation sites is 2. The molecule has 4 heteroatoms. The minimum Gasteiger partial charge on any atom is -0.456 e. The maximum Gasteiger partial charge on any atom is 0.227 e. The minimum atomic E-state index is 0.612. The van der Waals surface area contributed by atoms with E-state index in [9.17, 15) is 0 Å². The Bertz CT molecular complexity index is 1750. The summed E-state index contributed by atoms with van der Waals surface area (Å²) in [6.07, 6.45) is 0. The van der Waals surface area contributed by atoms with E-state index in [1.165, 1.54) is 0 Å². The highest BCUT2D eigenvalue weighted by Gasteiger charge is 2.17. The Balaban J connectivity index is 1.37. The first-order valence-corrected chi connectivity index (χ1v) is 11.6. The molecule has 0 aliphatic rings. The minimum absolute atomic E-state index is 0.612. The average Bonchev–Trinajstić information content (AvgIpc) is 3.49. The van der Waals surface area contributed by atoms with E-state index in [-0.39, 0.29) is 0 Å². The predicted molar refractivity (Wildman–Crippen MR) is 141 cm³/mol. The van der Waals surface area contributed by atoms with E-state index in [0.29, 0.717) is 5.89 Å². The van der Waals surface area contributed by atoms with Crippen LogP contribution in [-0.4, -0.2) is 4.98 Å². The van der Waals surface area contributed by atoms with Crippen molar-refractivity contribution in [3.63, 3.8) is 0 Å². The van der Waals surface area contributed by atoms with Crippen LogP contribution in [0, 0.1) is 0 Å². The van der Waals surface area contributed by atoms with Gasteiger partial charge in [0.15, 0.2) is 5.58 Å². The molecule has 4 nitrogen and oxygen atoms in total. The number of fused-ring (bicyclic) bond motifs is 4. The molecule has 166 valence electrons. The molecule has 0 saturated carbocycles. The van der Waals surface area contributed by atoms with Crippen molar-refractivity contribution in [2.45, 2.75) is 0 Å². The van der Waals surface area contributed by atoms with E-state index in [0.717, 1.165) is 55.7 Å². The van der Waals surface area contributed by atoms with Crippen LogP contribution in [0.2, 0.25) is 0 Å². The van der Waals surface area contributed by atoms with Gasteiger partial charge < -0.3 is 13.7 Å². The molecule has 0 bridgehead atoms. The molecule has 7 rings (SSSR count). The molecule has 2 aromatic heterocycles. The van der Waals surface area contributed by atoms with Gasteiger partial charge >= 0.3 is 0 Å². The molecule has 35 heavy (non-hydrogen) atoms. The molecule has 0 radical (unpaired) electrons. The average molecular weight is 453 g/mol. The lowest BCUT2D eigenvalue weighted by molar-refractivity contribution is 0.620. The quantitative estimate of drug-likeness (QED) is 0.267. The highest BCUT2D eigenvalue weighted by Crippen LogP contribution is 2.39. The van der Waals surface area contributed by atoms with Crippen LogP contribution in [-0.2, 0) is 0 Å². The first kappa shape index (κ1) is 19.6. The van der Waals surface area contributed by atoms with Gasteiger partial charge in [-0.25, -0.2) is 4.98 Å². The number of hydrogen-bond acceptors (Lipinski definition) is 4. The van der Waals surface area contributed by atoms with E-state index < -0.39 is 0 Å². The number of nitrogens with zero attached hydrogens (tertiary/aromatic N) is 2. The van der Waals surface area contributed by atoms with Crippen molar-refractivity contribution in [3.05, 3.63) is 121 Å². The number of benzene rings is 5. The summed E-state index contributed by atoms with van der Waals surface area (Å²) in [6.45, 7) is 0. The van der Waals surface area contributed by atoms with E-state index in [2.05, 4.69) is 71.6 Å². The summed E-state index contributed by atoms with van der Waals surface area (Å²) in [5.41, 5.74) is 7.31. The molecule has 0 saturated heterocycles. The summed E-state index contributed by atoms with van der Waals surface area (Å²) in [6, 6.07) is 41.0. The standard InChI is InChI=1S/C31H20N2O2/c1-4-10-21(11-5-1)31-32-27-20-29-26(19-30(27)35-31)25-17-16-24(18-28(25)34-29)33(22-12-6-2-7-13-22)23-14-8-3-9-15-23/h1-20H. The highest BCUT2D eigenvalue weighted by molar-refractivity contribution is 6.09. The van der Waals surface area contributed by atoms with Crippen molar-refractivity contribution in [1.82, 2.24) is 4.98 Å². The Kier molecular flexibility index (Phi) is 4.42. The van der Waals surface area contributed by atoms with Crippen LogP contribution in [0.3, 0.4) is 0 Å². The first-order valence-electron chi connectivity index (χ1n) is 11.6. The Morgan fingerprint density at radius 1 is 0.486 bits per heavy atom. The van der Waals surface area contributed by atoms with Crippen molar-refractivity contribution in [3.8, 4) is 11.5 Å². The number of oxazole rings is 1. The summed E-state index contributed by atoms with van der Waals surface area (Å²) >= 11 is 0. The van der Waals surface area contributed by atoms with Gasteiger partial charge in [0, 0.05) is 45.5 Å². The molecule has 5 aromatic carbocycles. The van der Waals surface area contributed by atoms with Gasteiger partial charge in [-0.1, -0.05) is 54.6 Å². The molecular weight excluding hydrogens is 432 g/mol. The largest absolute Gasteiger partial charge is 0.456 e. The van der Waals surface area contributed by atoms with Gasteiger partial charge in [-0.3, -0.25) is 0 Å². The first-order chi connectivity index (χ1) is 17.3. The molecule has 0 aliphatic heterocycles. The summed E-state index contributed by atoms with van der Waals surface area (Å²) in [4.78, 5) is 6.92. The fourth-order valence-corrected chi connectivity index (χ4v) is 4.63. The van der Waals surface area contributed by atoms with Crippen molar-refractivity contribution in [2.24, 2.45) is 0 Å². The molecule has 7 aromatic rings. The van der Waals surface area contributed by atoms with Gasteiger partial charge in [0.25, 0.3) is 0 Å². The summed E-state index contributed by atoms with van der Waals surface area (Å²) in [5.74, 6) is 0.612. The summed E-state index contributed by atoms with van der Waals surface area (Å²) in [5, 5.41) is 2.06. The lowest BCUT2D eigenvalue weighted by Crippen LogP contribution is -2.09. The second-order valence-corrected chi connectivity index (χ2v) is 8.49. The molecule has 0 aliphatic carbocycles. The van der Waals surface area contributed by atoms with E-state index in [1.54, 1.807) is 0 Å². The normalized spacial score (nSPS) is 11.4. The fourth-order valence-electron chi connectivity index (χ4n) is 4.63. The van der Waals surface area contributed by atoms with Gasteiger partial charge in [-0.05, 0) is 54.6 Å². The van der Waals surface area contributed by atoms with Crippen LogP contribution in [0.4, 0.5) is 17.1 Å². The molecular formula is C31H20N2O2. The molecule has 0 N–H and O–H groups in total. The second kappa shape index (κ2) is 7.89. The van der Waals surface area contributed by atoms with Gasteiger partial charge in [0.1, 0.15) is 16.7 Å². The fraction of sp³-hybridized carbons (Fsp3) is 0. The van der Waals surface area contributed by atoms with E-state index in [4.69, 9.17) is 13.8 Å². The number of hydrogen-bond donors (Lipinski definition) is 0. The predicted octanol–water partition coefficient (Wildman–Crippen LogP) is 8.86. The topological polar surface area (TPSA) is 42.4 Å². The molecule has 2 heterocycles. The van der Waals surface area contributed by atoms with Crippen molar-refractivity contribution < 1.29 is 8.83 Å². The summed E-state index contributed by atoms with van der Waals surface area (Å²) in [7, 11) is 0. The van der Waals surface area contributed by atoms with Gasteiger partial charge in [-0.15, -0.1) is 0 Å². The zero-order valence-corrected chi connectivity index (χ0v) is 18.8. The molecule has 0 amide bonds. The van der Waals surface area contributed by atoms with Gasteiger partial charge in [0.2, 0.25) is 5.89 Å². The lowest BCUT2D eigenvalue weighted by atomic mass is 10.1. The van der Waals surface area contributed by atoms with Crippen LogP contribution >= 0.6 is 0 Å². The van der Waals surface area contributed by atoms with E-state index in [1.807, 2.05) is 54.6 Å². The van der Waals surface area contributed by atoms with Crippen LogP contribution in [0.1, 0.15) is 0 Å². The zero-order chi connectivity index (χ0) is 23.2. The van der Waals surface area contributed by atoms with Crippen LogP contribution < -0.4 is 4.90 Å². The van der Waals surface area contributed by atoms with Crippen LogP contribution in [0.25, 0.3) is 44.5 Å². The van der Waals surface area contributed by atoms with Crippen molar-refractivity contribution in [2.75, 3.05) is 4.90 Å². The monoisotopic (exact) mass is 452 g/mol. The number of aromatic nitrogens is 1. The van der Waals surface area contributed by atoms with Crippen LogP contribution in [0.5, 0.6) is 0 Å². The number of anilines is 3. The van der Waals surface area contributed by atoms with Gasteiger partial charge in [0.05, 0.1) is 0 Å². The van der Waals surface area contributed by atoms with Gasteiger partial charge in [-0.2, -0.15) is 0 Å². The highest BCUT2D eigenvalue weighted by atomic mass is 16.4. The second-order valence-electron chi connectivity index (χ2n) is 8.49. The maximum absolute atomic E-state index is 6.33. The van der Waals surface area contributed by atoms with Crippen molar-refractivity contribution in [1.29, 1.82) is 0 Å². The van der Waals surface area contributed by atoms with Crippen molar-refractivity contribution >= 4 is 50.1 Å². The third-order valence-electron chi connectivity index (χ3n) is 6.27.